The number of amides is 1. The maximum absolute atomic E-state index is 11.9. The van der Waals surface area contributed by atoms with Gasteiger partial charge in [0, 0.05) is 9.13 Å². The number of hydrazone groups is 1. The molecule has 0 radical (unpaired) electrons. The van der Waals surface area contributed by atoms with Crippen LogP contribution in [0.25, 0.3) is 0 Å². The van der Waals surface area contributed by atoms with Crippen molar-refractivity contribution in [2.24, 2.45) is 5.10 Å². The van der Waals surface area contributed by atoms with Crippen molar-refractivity contribution in [2.45, 2.75) is 13.8 Å². The number of carbonyl (C=O) groups excluding carboxylic acids is 1. The van der Waals surface area contributed by atoms with Gasteiger partial charge in [0.05, 0.1) is 14.3 Å². The molecule has 0 fully saturated rings. The Labute approximate surface area is 181 Å². The van der Waals surface area contributed by atoms with Gasteiger partial charge in [0.25, 0.3) is 5.91 Å². The number of aryl methyl sites for hydroxylation is 2. The zero-order valence-corrected chi connectivity index (χ0v) is 19.3. The molecule has 25 heavy (non-hydrogen) atoms. The number of carbonyl (C=O) groups is 1. The summed E-state index contributed by atoms with van der Waals surface area (Å²) < 4.78 is 8.06. The van der Waals surface area contributed by atoms with E-state index in [9.17, 15) is 9.90 Å². The molecule has 0 aliphatic heterocycles. The molecule has 132 valence electrons. The molecule has 0 aliphatic carbocycles. The Hall–Kier alpha value is -0.880. The number of halogens is 3. The average Bonchev–Trinajstić information content (AvgIpc) is 2.50. The van der Waals surface area contributed by atoms with Crippen LogP contribution in [0.5, 0.6) is 11.5 Å². The van der Waals surface area contributed by atoms with Crippen molar-refractivity contribution in [1.29, 1.82) is 0 Å². The summed E-state index contributed by atoms with van der Waals surface area (Å²) in [5.74, 6) is 0.381. The van der Waals surface area contributed by atoms with Crippen molar-refractivity contribution in [2.75, 3.05) is 6.61 Å². The summed E-state index contributed by atoms with van der Waals surface area (Å²) in [6.45, 7) is 3.75. The number of phenolic OH excluding ortho intramolecular Hbond substituents is 1. The van der Waals surface area contributed by atoms with Crippen LogP contribution in [0.1, 0.15) is 16.7 Å². The van der Waals surface area contributed by atoms with E-state index in [1.807, 2.05) is 54.6 Å². The maximum atomic E-state index is 11.9. The lowest BCUT2D eigenvalue weighted by Gasteiger charge is -2.11. The molecule has 2 N–H and O–H groups in total. The highest BCUT2D eigenvalue weighted by Crippen LogP contribution is 2.30. The Kier molecular flexibility index (Phi) is 7.50. The molecule has 0 heterocycles. The van der Waals surface area contributed by atoms with Crippen LogP contribution in [-0.4, -0.2) is 23.8 Å². The molecule has 2 aromatic rings. The van der Waals surface area contributed by atoms with Crippen molar-refractivity contribution in [3.05, 3.63) is 52.6 Å². The second-order valence-electron chi connectivity index (χ2n) is 5.30. The van der Waals surface area contributed by atoms with E-state index in [0.29, 0.717) is 11.3 Å². The van der Waals surface area contributed by atoms with Gasteiger partial charge in [-0.15, -0.1) is 0 Å². The third kappa shape index (κ3) is 5.81. The number of rotatable bonds is 5. The summed E-state index contributed by atoms with van der Waals surface area (Å²) in [5.41, 5.74) is 4.98. The molecular weight excluding hydrogens is 614 g/mol. The SMILES string of the molecule is Cc1cc(C)c(OCC(=O)N/N=C/c2cc(I)cc(I)c2O)c(Br)c1. The quantitative estimate of drug-likeness (QED) is 0.291. The van der Waals surface area contributed by atoms with Crippen molar-refractivity contribution >= 4 is 73.2 Å². The van der Waals surface area contributed by atoms with Crippen LogP contribution in [0, 0.1) is 21.0 Å². The highest BCUT2D eigenvalue weighted by Gasteiger charge is 2.09. The minimum absolute atomic E-state index is 0.134. The van der Waals surface area contributed by atoms with Crippen LogP contribution in [-0.2, 0) is 4.79 Å². The molecule has 5 nitrogen and oxygen atoms in total. The second-order valence-corrected chi connectivity index (χ2v) is 8.56. The minimum atomic E-state index is -0.386. The largest absolute Gasteiger partial charge is 0.506 e. The normalized spacial score (nSPS) is 10.9. The fraction of sp³-hybridized carbons (Fsp3) is 0.176. The standard InChI is InChI=1S/C17H15BrI2N2O3/c1-9-3-10(2)17(13(18)4-9)25-8-15(23)22-21-7-11-5-12(19)6-14(20)16(11)24/h3-7,24H,8H2,1-2H3,(H,22,23)/b21-7+. The molecule has 0 spiro atoms. The molecule has 0 saturated carbocycles. The molecule has 0 unspecified atom stereocenters. The Morgan fingerprint density at radius 3 is 2.72 bits per heavy atom. The number of ether oxygens (including phenoxy) is 1. The number of hydrogen-bond donors (Lipinski definition) is 2. The fourth-order valence-electron chi connectivity index (χ4n) is 2.11. The van der Waals surface area contributed by atoms with Crippen LogP contribution < -0.4 is 10.2 Å². The van der Waals surface area contributed by atoms with Crippen LogP contribution in [0.4, 0.5) is 0 Å². The number of hydrogen-bond acceptors (Lipinski definition) is 4. The molecule has 0 aromatic heterocycles. The first-order valence-electron chi connectivity index (χ1n) is 7.17. The Bertz CT molecular complexity index is 818. The number of aromatic hydroxyl groups is 1. The molecule has 2 aromatic carbocycles. The van der Waals surface area contributed by atoms with Crippen LogP contribution >= 0.6 is 61.1 Å². The van der Waals surface area contributed by atoms with E-state index >= 15 is 0 Å². The fourth-order valence-corrected chi connectivity index (χ4v) is 4.79. The predicted molar refractivity (Wildman–Crippen MR) is 118 cm³/mol. The molecule has 1 amide bonds. The van der Waals surface area contributed by atoms with Gasteiger partial charge in [-0.3, -0.25) is 4.79 Å². The topological polar surface area (TPSA) is 70.9 Å². The van der Waals surface area contributed by atoms with Crippen molar-refractivity contribution in [1.82, 2.24) is 5.43 Å². The van der Waals surface area contributed by atoms with E-state index in [2.05, 4.69) is 49.0 Å². The number of nitrogens with one attached hydrogen (secondary N) is 1. The monoisotopic (exact) mass is 628 g/mol. The summed E-state index contributed by atoms with van der Waals surface area (Å²) in [4.78, 5) is 11.9. The van der Waals surface area contributed by atoms with Gasteiger partial charge in [0.1, 0.15) is 11.5 Å². The van der Waals surface area contributed by atoms with E-state index in [1.165, 1.54) is 6.21 Å². The number of benzene rings is 2. The molecule has 8 heteroatoms. The Balaban J connectivity index is 1.96. The summed E-state index contributed by atoms with van der Waals surface area (Å²) in [5, 5.41) is 13.9. The Morgan fingerprint density at radius 1 is 1.32 bits per heavy atom. The number of phenols is 1. The van der Waals surface area contributed by atoms with Crippen molar-refractivity contribution in [3.8, 4) is 11.5 Å². The average molecular weight is 629 g/mol. The lowest BCUT2D eigenvalue weighted by molar-refractivity contribution is -0.123. The molecule has 2 rings (SSSR count). The van der Waals surface area contributed by atoms with Gasteiger partial charge in [0.15, 0.2) is 6.61 Å². The van der Waals surface area contributed by atoms with E-state index < -0.39 is 0 Å². The van der Waals surface area contributed by atoms with Crippen LogP contribution in [0.2, 0.25) is 0 Å². The second kappa shape index (κ2) is 9.17. The highest BCUT2D eigenvalue weighted by molar-refractivity contribution is 14.1. The maximum Gasteiger partial charge on any atom is 0.277 e. The van der Waals surface area contributed by atoms with E-state index in [1.54, 1.807) is 6.07 Å². The summed E-state index contributed by atoms with van der Waals surface area (Å²) in [7, 11) is 0. The Morgan fingerprint density at radius 2 is 2.04 bits per heavy atom. The molecule has 0 bridgehead atoms. The van der Waals surface area contributed by atoms with E-state index in [4.69, 9.17) is 4.74 Å². The zero-order valence-electron chi connectivity index (χ0n) is 13.4. The molecular formula is C17H15BrI2N2O3. The van der Waals surface area contributed by atoms with Gasteiger partial charge in [-0.2, -0.15) is 5.10 Å². The first-order valence-corrected chi connectivity index (χ1v) is 10.1. The smallest absolute Gasteiger partial charge is 0.277 e. The van der Waals surface area contributed by atoms with Crippen LogP contribution in [0.15, 0.2) is 33.8 Å². The summed E-state index contributed by atoms with van der Waals surface area (Å²) in [6, 6.07) is 7.54. The van der Waals surface area contributed by atoms with Gasteiger partial charge in [-0.05, 0) is 104 Å². The lowest BCUT2D eigenvalue weighted by Crippen LogP contribution is -2.24. The third-order valence-electron chi connectivity index (χ3n) is 3.17. The first-order chi connectivity index (χ1) is 11.8. The molecule has 0 aliphatic rings. The van der Waals surface area contributed by atoms with E-state index in [0.717, 1.165) is 22.7 Å². The van der Waals surface area contributed by atoms with Gasteiger partial charge in [-0.25, -0.2) is 5.43 Å². The van der Waals surface area contributed by atoms with E-state index in [-0.39, 0.29) is 18.3 Å². The van der Waals surface area contributed by atoms with Crippen molar-refractivity contribution < 1.29 is 14.6 Å². The summed E-state index contributed by atoms with van der Waals surface area (Å²) >= 11 is 7.63. The van der Waals surface area contributed by atoms with Crippen LogP contribution in [0.3, 0.4) is 0 Å². The van der Waals surface area contributed by atoms with Gasteiger partial charge in [0.2, 0.25) is 0 Å². The highest BCUT2D eigenvalue weighted by atomic mass is 127. The molecule has 0 saturated heterocycles. The third-order valence-corrected chi connectivity index (χ3v) is 5.21. The van der Waals surface area contributed by atoms with Crippen molar-refractivity contribution in [3.63, 3.8) is 0 Å². The lowest BCUT2D eigenvalue weighted by atomic mass is 10.1. The van der Waals surface area contributed by atoms with Gasteiger partial charge in [-0.1, -0.05) is 6.07 Å². The summed E-state index contributed by atoms with van der Waals surface area (Å²) in [6.07, 6.45) is 1.41. The predicted octanol–water partition coefficient (Wildman–Crippen LogP) is 4.51. The number of nitrogens with zero attached hydrogens (tertiary/aromatic N) is 1. The first kappa shape index (κ1) is 20.4. The zero-order chi connectivity index (χ0) is 18.6. The minimum Gasteiger partial charge on any atom is -0.506 e. The van der Waals surface area contributed by atoms with Gasteiger partial charge < -0.3 is 9.84 Å². The molecule has 0 atom stereocenters. The van der Waals surface area contributed by atoms with Gasteiger partial charge >= 0.3 is 0 Å².